The van der Waals surface area contributed by atoms with Gasteiger partial charge in [0.25, 0.3) is 5.56 Å². The third kappa shape index (κ3) is 3.69. The van der Waals surface area contributed by atoms with Crippen LogP contribution >= 0.6 is 23.4 Å². The molecule has 0 fully saturated rings. The largest absolute Gasteiger partial charge is 0.356 e. The van der Waals surface area contributed by atoms with Crippen molar-refractivity contribution in [2.75, 3.05) is 12.3 Å². The highest BCUT2D eigenvalue weighted by molar-refractivity contribution is 7.99. The number of amides is 1. The Morgan fingerprint density at radius 3 is 3.00 bits per heavy atom. The molecule has 116 valence electrons. The number of aromatic nitrogens is 2. The van der Waals surface area contributed by atoms with Crippen LogP contribution in [0.15, 0.2) is 40.8 Å². The van der Waals surface area contributed by atoms with E-state index in [4.69, 9.17) is 11.6 Å². The molecule has 1 N–H and O–H groups in total. The molecule has 0 unspecified atom stereocenters. The van der Waals surface area contributed by atoms with Gasteiger partial charge in [-0.2, -0.15) is 0 Å². The Balaban J connectivity index is 2.45. The van der Waals surface area contributed by atoms with Crippen molar-refractivity contribution < 1.29 is 4.79 Å². The molecule has 1 aromatic carbocycles. The molecule has 1 aromatic heterocycles. The van der Waals surface area contributed by atoms with Crippen molar-refractivity contribution in [2.45, 2.75) is 18.6 Å². The summed E-state index contributed by atoms with van der Waals surface area (Å²) in [4.78, 5) is 28.6. The van der Waals surface area contributed by atoms with E-state index < -0.39 is 0 Å². The number of rotatable bonds is 6. The summed E-state index contributed by atoms with van der Waals surface area (Å²) in [5.41, 5.74) is 0.374. The second kappa shape index (κ2) is 7.47. The van der Waals surface area contributed by atoms with Crippen LogP contribution in [0.25, 0.3) is 10.9 Å². The Hall–Kier alpha value is -1.79. The molecular formula is C15H16ClN3O2S. The number of nitrogens with zero attached hydrogens (tertiary/aromatic N) is 2. The number of allylic oxidation sites excluding steroid dienone is 1. The second-order valence-corrected chi connectivity index (χ2v) is 5.88. The van der Waals surface area contributed by atoms with Crippen LogP contribution < -0.4 is 10.9 Å². The number of carbonyl (C=O) groups is 1. The summed E-state index contributed by atoms with van der Waals surface area (Å²) in [6.07, 6.45) is 1.62. The fourth-order valence-electron chi connectivity index (χ4n) is 1.95. The lowest BCUT2D eigenvalue weighted by atomic mass is 10.2. The van der Waals surface area contributed by atoms with E-state index in [-0.39, 0.29) is 17.2 Å². The van der Waals surface area contributed by atoms with Crippen molar-refractivity contribution in [3.8, 4) is 0 Å². The van der Waals surface area contributed by atoms with Gasteiger partial charge in [-0.25, -0.2) is 4.98 Å². The van der Waals surface area contributed by atoms with Crippen molar-refractivity contribution in [3.05, 3.63) is 46.2 Å². The van der Waals surface area contributed by atoms with E-state index in [1.807, 2.05) is 6.92 Å². The first kappa shape index (κ1) is 16.6. The quantitative estimate of drug-likeness (QED) is 0.499. The zero-order chi connectivity index (χ0) is 16.1. The van der Waals surface area contributed by atoms with Crippen LogP contribution in [-0.2, 0) is 11.3 Å². The molecule has 0 aliphatic carbocycles. The van der Waals surface area contributed by atoms with E-state index >= 15 is 0 Å². The minimum absolute atomic E-state index is 0.0943. The molecule has 2 aromatic rings. The van der Waals surface area contributed by atoms with Crippen LogP contribution in [0.3, 0.4) is 0 Å². The van der Waals surface area contributed by atoms with Crippen LogP contribution in [0.5, 0.6) is 0 Å². The molecule has 0 bridgehead atoms. The molecule has 0 saturated carbocycles. The lowest BCUT2D eigenvalue weighted by Crippen LogP contribution is -2.26. The van der Waals surface area contributed by atoms with Gasteiger partial charge in [0.05, 0.1) is 16.7 Å². The van der Waals surface area contributed by atoms with Crippen LogP contribution in [0.4, 0.5) is 0 Å². The lowest BCUT2D eigenvalue weighted by molar-refractivity contribution is -0.118. The number of hydrogen-bond donors (Lipinski definition) is 1. The van der Waals surface area contributed by atoms with E-state index in [1.54, 1.807) is 24.3 Å². The number of halogens is 1. The Morgan fingerprint density at radius 1 is 1.55 bits per heavy atom. The maximum absolute atomic E-state index is 12.6. The zero-order valence-electron chi connectivity index (χ0n) is 12.1. The van der Waals surface area contributed by atoms with Crippen LogP contribution in [0.1, 0.15) is 6.92 Å². The highest BCUT2D eigenvalue weighted by Gasteiger charge is 2.12. The molecule has 22 heavy (non-hydrogen) atoms. The fourth-order valence-corrected chi connectivity index (χ4v) is 2.96. The topological polar surface area (TPSA) is 64.0 Å². The Kier molecular flexibility index (Phi) is 5.63. The maximum Gasteiger partial charge on any atom is 0.262 e. The van der Waals surface area contributed by atoms with E-state index in [1.165, 1.54) is 16.3 Å². The lowest BCUT2D eigenvalue weighted by Gasteiger charge is -2.11. The summed E-state index contributed by atoms with van der Waals surface area (Å²) >= 11 is 7.17. The summed E-state index contributed by atoms with van der Waals surface area (Å²) < 4.78 is 1.50. The molecule has 0 aliphatic heterocycles. The number of hydrogen-bond acceptors (Lipinski definition) is 4. The fraction of sp³-hybridized carbons (Fsp3) is 0.267. The SMILES string of the molecule is C=CCn1c(SCC(=O)NCC)nc2ccc(Cl)cc2c1=O. The average molecular weight is 338 g/mol. The summed E-state index contributed by atoms with van der Waals surface area (Å²) in [5, 5.41) is 4.15. The normalized spacial score (nSPS) is 10.6. The molecule has 5 nitrogen and oxygen atoms in total. The minimum atomic E-state index is -0.189. The summed E-state index contributed by atoms with van der Waals surface area (Å²) in [7, 11) is 0. The molecule has 1 amide bonds. The van der Waals surface area contributed by atoms with Crippen molar-refractivity contribution in [1.29, 1.82) is 0 Å². The summed E-state index contributed by atoms with van der Waals surface area (Å²) in [5.74, 6) is 0.111. The summed E-state index contributed by atoms with van der Waals surface area (Å²) in [6.45, 7) is 6.41. The van der Waals surface area contributed by atoms with Crippen molar-refractivity contribution in [2.24, 2.45) is 0 Å². The number of fused-ring (bicyclic) bond motifs is 1. The minimum Gasteiger partial charge on any atom is -0.356 e. The number of nitrogens with one attached hydrogen (secondary N) is 1. The first-order valence-electron chi connectivity index (χ1n) is 6.77. The van der Waals surface area contributed by atoms with E-state index in [9.17, 15) is 9.59 Å². The van der Waals surface area contributed by atoms with Crippen molar-refractivity contribution in [3.63, 3.8) is 0 Å². The molecular weight excluding hydrogens is 322 g/mol. The van der Waals surface area contributed by atoms with E-state index in [0.29, 0.717) is 34.2 Å². The Morgan fingerprint density at radius 2 is 2.32 bits per heavy atom. The van der Waals surface area contributed by atoms with E-state index in [2.05, 4.69) is 16.9 Å². The van der Waals surface area contributed by atoms with Gasteiger partial charge in [0.2, 0.25) is 5.91 Å². The van der Waals surface area contributed by atoms with Crippen LogP contribution in [0.2, 0.25) is 5.02 Å². The smallest absolute Gasteiger partial charge is 0.262 e. The zero-order valence-corrected chi connectivity index (χ0v) is 13.7. The molecule has 0 spiro atoms. The van der Waals surface area contributed by atoms with Gasteiger partial charge >= 0.3 is 0 Å². The van der Waals surface area contributed by atoms with Crippen molar-refractivity contribution >= 4 is 40.2 Å². The third-order valence-corrected chi connectivity index (χ3v) is 4.11. The Bertz CT molecular complexity index is 773. The standard InChI is InChI=1S/C15H16ClN3O2S/c1-3-7-19-14(21)11-8-10(16)5-6-12(11)18-15(19)22-9-13(20)17-4-2/h3,5-6,8H,1,4,7,9H2,2H3,(H,17,20). The van der Waals surface area contributed by atoms with Crippen molar-refractivity contribution in [1.82, 2.24) is 14.9 Å². The maximum atomic E-state index is 12.6. The van der Waals surface area contributed by atoms with Gasteiger partial charge in [0.1, 0.15) is 0 Å². The number of carbonyl (C=O) groups excluding carboxylic acids is 1. The summed E-state index contributed by atoms with van der Waals surface area (Å²) in [6, 6.07) is 4.99. The first-order valence-corrected chi connectivity index (χ1v) is 8.13. The predicted octanol–water partition coefficient (Wildman–Crippen LogP) is 2.46. The molecule has 1 heterocycles. The van der Waals surface area contributed by atoms with Gasteiger partial charge in [0, 0.05) is 18.1 Å². The highest BCUT2D eigenvalue weighted by Crippen LogP contribution is 2.20. The van der Waals surface area contributed by atoms with Crippen LogP contribution in [-0.4, -0.2) is 27.8 Å². The second-order valence-electron chi connectivity index (χ2n) is 4.50. The molecule has 0 radical (unpaired) electrons. The van der Waals surface area contributed by atoms with Gasteiger partial charge < -0.3 is 5.32 Å². The first-order chi connectivity index (χ1) is 10.6. The monoisotopic (exact) mass is 337 g/mol. The molecule has 2 rings (SSSR count). The van der Waals surface area contributed by atoms with Gasteiger partial charge in [-0.1, -0.05) is 29.4 Å². The molecule has 0 aliphatic rings. The number of benzene rings is 1. The molecule has 0 atom stereocenters. The van der Waals surface area contributed by atoms with E-state index in [0.717, 1.165) is 0 Å². The van der Waals surface area contributed by atoms with Gasteiger partial charge in [-0.05, 0) is 25.1 Å². The molecule has 0 saturated heterocycles. The molecule has 7 heteroatoms. The third-order valence-electron chi connectivity index (χ3n) is 2.90. The van der Waals surface area contributed by atoms with Gasteiger partial charge in [-0.3, -0.25) is 14.2 Å². The number of thioether (sulfide) groups is 1. The van der Waals surface area contributed by atoms with Gasteiger partial charge in [-0.15, -0.1) is 6.58 Å². The Labute approximate surface area is 137 Å². The van der Waals surface area contributed by atoms with Crippen LogP contribution in [0, 0.1) is 0 Å². The predicted molar refractivity (Wildman–Crippen MR) is 90.6 cm³/mol. The van der Waals surface area contributed by atoms with Gasteiger partial charge in [0.15, 0.2) is 5.16 Å². The average Bonchev–Trinajstić information content (AvgIpc) is 2.49. The highest BCUT2D eigenvalue weighted by atomic mass is 35.5.